The monoisotopic (exact) mass is 179 g/mol. The van der Waals surface area contributed by atoms with Crippen LogP contribution in [0.25, 0.3) is 0 Å². The van der Waals surface area contributed by atoms with E-state index >= 15 is 0 Å². The second-order valence-corrected chi connectivity index (χ2v) is 3.52. The summed E-state index contributed by atoms with van der Waals surface area (Å²) in [5.74, 6) is 0. The van der Waals surface area contributed by atoms with Gasteiger partial charge in [-0.3, -0.25) is 0 Å². The largest absolute Gasteiger partial charge is 0.395 e. The average molecular weight is 179 g/mol. The molecule has 0 bridgehead atoms. The Morgan fingerprint density at radius 1 is 1.31 bits per heavy atom. The Bertz CT molecular complexity index is 263. The van der Waals surface area contributed by atoms with Gasteiger partial charge in [0.1, 0.15) is 0 Å². The lowest BCUT2D eigenvalue weighted by atomic mass is 9.97. The van der Waals surface area contributed by atoms with Crippen LogP contribution in [0.1, 0.15) is 16.7 Å². The first-order chi connectivity index (χ1) is 6.15. The molecule has 2 nitrogen and oxygen atoms in total. The minimum absolute atomic E-state index is 0.0494. The van der Waals surface area contributed by atoms with Gasteiger partial charge in [0, 0.05) is 6.04 Å². The summed E-state index contributed by atoms with van der Waals surface area (Å²) in [6.45, 7) is 4.20. The molecule has 0 fully saturated rings. The van der Waals surface area contributed by atoms with E-state index < -0.39 is 0 Å². The van der Waals surface area contributed by atoms with E-state index in [0.717, 1.165) is 6.42 Å². The van der Waals surface area contributed by atoms with Crippen molar-refractivity contribution in [2.75, 3.05) is 6.61 Å². The van der Waals surface area contributed by atoms with Gasteiger partial charge in [0.05, 0.1) is 6.61 Å². The second-order valence-electron chi connectivity index (χ2n) is 3.52. The molecule has 0 aliphatic rings. The van der Waals surface area contributed by atoms with E-state index in [2.05, 4.69) is 26.0 Å². The summed E-state index contributed by atoms with van der Waals surface area (Å²) in [5.41, 5.74) is 9.47. The molecule has 13 heavy (non-hydrogen) atoms. The molecule has 0 amide bonds. The maximum absolute atomic E-state index is 8.85. The van der Waals surface area contributed by atoms with Gasteiger partial charge in [0.2, 0.25) is 0 Å². The van der Waals surface area contributed by atoms with E-state index in [0.29, 0.717) is 0 Å². The van der Waals surface area contributed by atoms with Crippen LogP contribution < -0.4 is 5.73 Å². The molecular weight excluding hydrogens is 162 g/mol. The first-order valence-electron chi connectivity index (χ1n) is 4.56. The predicted octanol–water partition coefficient (Wildman–Crippen LogP) is 1.17. The maximum Gasteiger partial charge on any atom is 0.0585 e. The number of nitrogens with two attached hydrogens (primary N) is 1. The molecule has 1 unspecified atom stereocenters. The molecule has 0 aliphatic carbocycles. The third-order valence-electron chi connectivity index (χ3n) is 2.35. The standard InChI is InChI=1S/C11H17NO/c1-8-4-3-5-9(2)11(8)6-10(12)7-13/h3-5,10,13H,6-7,12H2,1-2H3. The summed E-state index contributed by atoms with van der Waals surface area (Å²) in [6.07, 6.45) is 0.759. The molecule has 0 saturated carbocycles. The molecule has 0 spiro atoms. The third kappa shape index (κ3) is 2.54. The molecule has 1 aromatic rings. The van der Waals surface area contributed by atoms with Crippen LogP contribution in [-0.2, 0) is 6.42 Å². The normalized spacial score (nSPS) is 12.9. The molecular formula is C11H17NO. The Morgan fingerprint density at radius 3 is 2.31 bits per heavy atom. The van der Waals surface area contributed by atoms with Crippen molar-refractivity contribution in [1.82, 2.24) is 0 Å². The first-order valence-corrected chi connectivity index (χ1v) is 4.56. The zero-order valence-corrected chi connectivity index (χ0v) is 8.25. The van der Waals surface area contributed by atoms with Crippen molar-refractivity contribution in [3.8, 4) is 0 Å². The summed E-state index contributed by atoms with van der Waals surface area (Å²) in [5, 5.41) is 8.85. The molecule has 0 radical (unpaired) electrons. The van der Waals surface area contributed by atoms with Crippen molar-refractivity contribution >= 4 is 0 Å². The summed E-state index contributed by atoms with van der Waals surface area (Å²) >= 11 is 0. The lowest BCUT2D eigenvalue weighted by Gasteiger charge is -2.13. The Hall–Kier alpha value is -0.860. The van der Waals surface area contributed by atoms with Crippen molar-refractivity contribution in [3.63, 3.8) is 0 Å². The van der Waals surface area contributed by atoms with Crippen LogP contribution in [0.4, 0.5) is 0 Å². The lowest BCUT2D eigenvalue weighted by molar-refractivity contribution is 0.265. The minimum Gasteiger partial charge on any atom is -0.395 e. The van der Waals surface area contributed by atoms with Crippen LogP contribution in [0, 0.1) is 13.8 Å². The van der Waals surface area contributed by atoms with Gasteiger partial charge < -0.3 is 10.8 Å². The molecule has 1 atom stereocenters. The number of hydrogen-bond acceptors (Lipinski definition) is 2. The second kappa shape index (κ2) is 4.40. The van der Waals surface area contributed by atoms with Gasteiger partial charge in [0.15, 0.2) is 0 Å². The minimum atomic E-state index is -0.139. The zero-order chi connectivity index (χ0) is 9.84. The summed E-state index contributed by atoms with van der Waals surface area (Å²) in [6, 6.07) is 6.05. The van der Waals surface area contributed by atoms with Gasteiger partial charge in [-0.15, -0.1) is 0 Å². The van der Waals surface area contributed by atoms with Gasteiger partial charge >= 0.3 is 0 Å². The SMILES string of the molecule is Cc1cccc(C)c1CC(N)CO. The average Bonchev–Trinajstić information content (AvgIpc) is 2.11. The van der Waals surface area contributed by atoms with Crippen molar-refractivity contribution < 1.29 is 5.11 Å². The van der Waals surface area contributed by atoms with Crippen LogP contribution in [-0.4, -0.2) is 17.8 Å². The van der Waals surface area contributed by atoms with E-state index in [1.54, 1.807) is 0 Å². The van der Waals surface area contributed by atoms with E-state index in [4.69, 9.17) is 10.8 Å². The highest BCUT2D eigenvalue weighted by Crippen LogP contribution is 2.14. The van der Waals surface area contributed by atoms with E-state index in [1.165, 1.54) is 16.7 Å². The Balaban J connectivity index is 2.87. The topological polar surface area (TPSA) is 46.2 Å². The van der Waals surface area contributed by atoms with Crippen LogP contribution in [0.3, 0.4) is 0 Å². The summed E-state index contributed by atoms with van der Waals surface area (Å²) in [4.78, 5) is 0. The number of aliphatic hydroxyl groups is 1. The van der Waals surface area contributed by atoms with Gasteiger partial charge in [-0.1, -0.05) is 18.2 Å². The fourth-order valence-corrected chi connectivity index (χ4v) is 1.50. The Morgan fingerprint density at radius 2 is 1.85 bits per heavy atom. The fraction of sp³-hybridized carbons (Fsp3) is 0.455. The Kier molecular flexibility index (Phi) is 3.46. The molecule has 2 heteroatoms. The summed E-state index contributed by atoms with van der Waals surface area (Å²) in [7, 11) is 0. The molecule has 0 saturated heterocycles. The number of aliphatic hydroxyl groups excluding tert-OH is 1. The quantitative estimate of drug-likeness (QED) is 0.731. The maximum atomic E-state index is 8.85. The molecule has 1 aromatic carbocycles. The molecule has 0 heterocycles. The lowest BCUT2D eigenvalue weighted by Crippen LogP contribution is -2.27. The molecule has 1 rings (SSSR count). The molecule has 72 valence electrons. The van der Waals surface area contributed by atoms with Gasteiger partial charge in [-0.25, -0.2) is 0 Å². The van der Waals surface area contributed by atoms with E-state index in [-0.39, 0.29) is 12.6 Å². The number of aryl methyl sites for hydroxylation is 2. The van der Waals surface area contributed by atoms with E-state index in [9.17, 15) is 0 Å². The first kappa shape index (κ1) is 10.2. The molecule has 3 N–H and O–H groups in total. The highest BCUT2D eigenvalue weighted by molar-refractivity contribution is 5.34. The molecule has 0 aliphatic heterocycles. The van der Waals surface area contributed by atoms with Crippen molar-refractivity contribution in [2.45, 2.75) is 26.3 Å². The van der Waals surface area contributed by atoms with Crippen LogP contribution in [0.15, 0.2) is 18.2 Å². The van der Waals surface area contributed by atoms with Gasteiger partial charge in [-0.2, -0.15) is 0 Å². The van der Waals surface area contributed by atoms with Crippen LogP contribution in [0.5, 0.6) is 0 Å². The van der Waals surface area contributed by atoms with Gasteiger partial charge in [0.25, 0.3) is 0 Å². The molecule has 0 aromatic heterocycles. The number of rotatable bonds is 3. The van der Waals surface area contributed by atoms with Crippen LogP contribution >= 0.6 is 0 Å². The van der Waals surface area contributed by atoms with Crippen LogP contribution in [0.2, 0.25) is 0 Å². The van der Waals surface area contributed by atoms with Crippen molar-refractivity contribution in [3.05, 3.63) is 34.9 Å². The van der Waals surface area contributed by atoms with Gasteiger partial charge in [-0.05, 0) is 37.0 Å². The smallest absolute Gasteiger partial charge is 0.0585 e. The van der Waals surface area contributed by atoms with Crippen molar-refractivity contribution in [2.24, 2.45) is 5.73 Å². The summed E-state index contributed by atoms with van der Waals surface area (Å²) < 4.78 is 0. The van der Waals surface area contributed by atoms with E-state index in [1.807, 2.05) is 6.07 Å². The van der Waals surface area contributed by atoms with Crippen molar-refractivity contribution in [1.29, 1.82) is 0 Å². The number of benzene rings is 1. The highest BCUT2D eigenvalue weighted by Gasteiger charge is 2.06. The zero-order valence-electron chi connectivity index (χ0n) is 8.25. The predicted molar refractivity (Wildman–Crippen MR) is 54.7 cm³/mol. The highest BCUT2D eigenvalue weighted by atomic mass is 16.3. The fourth-order valence-electron chi connectivity index (χ4n) is 1.50. The third-order valence-corrected chi connectivity index (χ3v) is 2.35. The number of hydrogen-bond donors (Lipinski definition) is 2. The Labute approximate surface area is 79.4 Å².